The van der Waals surface area contributed by atoms with Crippen LogP contribution in [-0.4, -0.2) is 21.4 Å². The molecule has 4 heteroatoms. The van der Waals surface area contributed by atoms with Gasteiger partial charge in [-0.1, -0.05) is 145 Å². The van der Waals surface area contributed by atoms with Crippen LogP contribution in [0.3, 0.4) is 0 Å². The Morgan fingerprint density at radius 1 is 0.433 bits per heavy atom. The van der Waals surface area contributed by atoms with E-state index < -0.39 is 0 Å². The van der Waals surface area contributed by atoms with E-state index in [1.807, 2.05) is 20.8 Å². The summed E-state index contributed by atoms with van der Waals surface area (Å²) in [5, 5.41) is 23.7. The van der Waals surface area contributed by atoms with Crippen LogP contribution in [0.2, 0.25) is 0 Å². The fourth-order valence-corrected chi connectivity index (χ4v) is 10.7. The summed E-state index contributed by atoms with van der Waals surface area (Å²) in [6.45, 7) is 31.9. The van der Waals surface area contributed by atoms with Crippen molar-refractivity contribution in [2.75, 3.05) is 0 Å². The number of hydrogen-bond donors (Lipinski definition) is 2. The lowest BCUT2D eigenvalue weighted by molar-refractivity contribution is 0.0511. The van der Waals surface area contributed by atoms with Crippen molar-refractivity contribution < 1.29 is 19.7 Å². The minimum atomic E-state index is -0.296. The average molecular weight is 831 g/mol. The highest BCUT2D eigenvalue weighted by Crippen LogP contribution is 2.56. The molecule has 0 fully saturated rings. The molecule has 0 bridgehead atoms. The number of phenolic OH excluding ortho intramolecular Hbond substituents is 2. The Labute approximate surface area is 370 Å². The maximum atomic E-state index is 12.1. The minimum absolute atomic E-state index is 0.245. The van der Waals surface area contributed by atoms with E-state index in [1.165, 1.54) is 96.3 Å². The molecule has 0 aliphatic carbocycles. The summed E-state index contributed by atoms with van der Waals surface area (Å²) in [4.78, 5) is 0. The molecule has 0 saturated carbocycles. The molecule has 0 radical (unpaired) electrons. The molecule has 0 unspecified atom stereocenters. The fourth-order valence-electron chi connectivity index (χ4n) is 10.7. The molecule has 2 aromatic rings. The molecule has 0 aromatic heterocycles. The molecule has 0 amide bonds. The smallest absolute Gasteiger partial charge is 0.132 e. The SMILES string of the molecule is Cc1c(C)c2c(c(-c3c(C)c(O)c(C)c4c3O[C@@](C)(CCC[C@H](C)CCC[C@H](C)CCCC(C)C)CC4)c1O)CC[C@@](C)(CCC[C@H](C)CCC[C@H](C)CCCC(C)C)O2. The van der Waals surface area contributed by atoms with Crippen molar-refractivity contribution in [3.63, 3.8) is 0 Å². The van der Waals surface area contributed by atoms with Crippen molar-refractivity contribution in [2.45, 2.75) is 249 Å². The number of hydrogen-bond acceptors (Lipinski definition) is 4. The molecule has 2 N–H and O–H groups in total. The summed E-state index contributed by atoms with van der Waals surface area (Å²) >= 11 is 0. The topological polar surface area (TPSA) is 58.9 Å². The third-order valence-corrected chi connectivity index (χ3v) is 15.4. The molecule has 0 spiro atoms. The van der Waals surface area contributed by atoms with Crippen LogP contribution in [0.5, 0.6) is 23.0 Å². The Morgan fingerprint density at radius 3 is 1.25 bits per heavy atom. The van der Waals surface area contributed by atoms with Gasteiger partial charge < -0.3 is 19.7 Å². The molecule has 342 valence electrons. The summed E-state index contributed by atoms with van der Waals surface area (Å²) in [6.07, 6.45) is 26.6. The Balaban J connectivity index is 1.44. The van der Waals surface area contributed by atoms with Crippen molar-refractivity contribution >= 4 is 0 Å². The summed E-state index contributed by atoms with van der Waals surface area (Å²) in [5.74, 6) is 7.18. The standard InChI is InChI=1S/C56H94O4/c1-37(2)21-15-23-39(5)25-17-27-41(7)29-19-33-55(13)36-32-48-50(52(58)43(9)44(10)53(48)59-55)49-46(12)51(57)45(11)47-31-35-56(14,60-54(47)49)34-20-30-42(8)28-18-26-40(6)24-16-22-38(3)4/h37-42,57-58H,15-36H2,1-14H3/t39-,40-,41-,42-,55-,56+/m1/s1. The molecule has 2 aliphatic heterocycles. The maximum Gasteiger partial charge on any atom is 0.132 e. The molecular weight excluding hydrogens is 737 g/mol. The van der Waals surface area contributed by atoms with E-state index >= 15 is 0 Å². The van der Waals surface area contributed by atoms with E-state index in [2.05, 4.69) is 76.2 Å². The van der Waals surface area contributed by atoms with Crippen LogP contribution in [0.15, 0.2) is 0 Å². The van der Waals surface area contributed by atoms with Gasteiger partial charge in [-0.15, -0.1) is 0 Å². The van der Waals surface area contributed by atoms with E-state index in [0.717, 1.165) is 136 Å². The number of rotatable bonds is 25. The van der Waals surface area contributed by atoms with E-state index in [-0.39, 0.29) is 11.2 Å². The second kappa shape index (κ2) is 22.8. The van der Waals surface area contributed by atoms with E-state index in [9.17, 15) is 10.2 Å². The first kappa shape index (κ1) is 50.3. The molecule has 2 aliphatic rings. The largest absolute Gasteiger partial charge is 0.507 e. The summed E-state index contributed by atoms with van der Waals surface area (Å²) in [7, 11) is 0. The van der Waals surface area contributed by atoms with Crippen LogP contribution >= 0.6 is 0 Å². The number of aromatic hydroxyl groups is 2. The number of fused-ring (bicyclic) bond motifs is 2. The van der Waals surface area contributed by atoms with Crippen molar-refractivity contribution in [2.24, 2.45) is 35.5 Å². The van der Waals surface area contributed by atoms with Gasteiger partial charge in [0.2, 0.25) is 0 Å². The van der Waals surface area contributed by atoms with Crippen LogP contribution < -0.4 is 9.47 Å². The van der Waals surface area contributed by atoms with Gasteiger partial charge in [-0.05, 0) is 145 Å². The highest BCUT2D eigenvalue weighted by molar-refractivity contribution is 5.88. The number of phenols is 2. The first-order valence-electron chi connectivity index (χ1n) is 25.3. The van der Waals surface area contributed by atoms with Gasteiger partial charge in [-0.3, -0.25) is 0 Å². The van der Waals surface area contributed by atoms with Crippen LogP contribution in [0.4, 0.5) is 0 Å². The fraction of sp³-hybridized carbons (Fsp3) is 0.786. The summed E-state index contributed by atoms with van der Waals surface area (Å²) in [5.41, 5.74) is 6.86. The Kier molecular flexibility index (Phi) is 19.1. The highest BCUT2D eigenvalue weighted by Gasteiger charge is 2.40. The highest BCUT2D eigenvalue weighted by atomic mass is 16.5. The third-order valence-electron chi connectivity index (χ3n) is 15.4. The second-order valence-electron chi connectivity index (χ2n) is 22.4. The van der Waals surface area contributed by atoms with Crippen LogP contribution in [-0.2, 0) is 12.8 Å². The Bertz CT molecular complexity index is 1650. The zero-order chi connectivity index (χ0) is 44.4. The van der Waals surface area contributed by atoms with Gasteiger partial charge in [0.05, 0.1) is 0 Å². The molecule has 0 saturated heterocycles. The van der Waals surface area contributed by atoms with Crippen molar-refractivity contribution in [3.8, 4) is 34.1 Å². The molecule has 4 nitrogen and oxygen atoms in total. The zero-order valence-electron chi connectivity index (χ0n) is 41.7. The lowest BCUT2D eigenvalue weighted by atomic mass is 9.79. The van der Waals surface area contributed by atoms with Gasteiger partial charge in [-0.2, -0.15) is 0 Å². The molecule has 2 aromatic carbocycles. The van der Waals surface area contributed by atoms with Crippen molar-refractivity contribution in [3.05, 3.63) is 33.4 Å². The minimum Gasteiger partial charge on any atom is -0.507 e. The van der Waals surface area contributed by atoms with E-state index in [1.54, 1.807) is 0 Å². The van der Waals surface area contributed by atoms with Gasteiger partial charge in [0.15, 0.2) is 0 Å². The lowest BCUT2D eigenvalue weighted by Gasteiger charge is -2.41. The second-order valence-corrected chi connectivity index (χ2v) is 22.4. The first-order chi connectivity index (χ1) is 28.3. The van der Waals surface area contributed by atoms with Crippen LogP contribution in [0, 0.1) is 63.2 Å². The zero-order valence-corrected chi connectivity index (χ0v) is 41.7. The first-order valence-corrected chi connectivity index (χ1v) is 25.3. The Morgan fingerprint density at radius 2 is 0.817 bits per heavy atom. The van der Waals surface area contributed by atoms with Crippen molar-refractivity contribution in [1.82, 2.24) is 0 Å². The molecule has 2 heterocycles. The van der Waals surface area contributed by atoms with Crippen LogP contribution in [0.25, 0.3) is 11.1 Å². The van der Waals surface area contributed by atoms with Crippen LogP contribution in [0.1, 0.15) is 231 Å². The third kappa shape index (κ3) is 13.8. The molecular formula is C56H94O4. The maximum absolute atomic E-state index is 12.1. The molecule has 4 rings (SSSR count). The van der Waals surface area contributed by atoms with Gasteiger partial charge in [0.1, 0.15) is 34.2 Å². The quantitative estimate of drug-likeness (QED) is 0.105. The van der Waals surface area contributed by atoms with Crippen molar-refractivity contribution in [1.29, 1.82) is 0 Å². The number of benzene rings is 2. The van der Waals surface area contributed by atoms with Gasteiger partial charge >= 0.3 is 0 Å². The predicted octanol–water partition coefficient (Wildman–Crippen LogP) is 17.0. The van der Waals surface area contributed by atoms with E-state index in [4.69, 9.17) is 9.47 Å². The summed E-state index contributed by atoms with van der Waals surface area (Å²) < 4.78 is 14.3. The molecule has 60 heavy (non-hydrogen) atoms. The Hall–Kier alpha value is -2.36. The average Bonchev–Trinajstić information content (AvgIpc) is 3.17. The van der Waals surface area contributed by atoms with Gasteiger partial charge in [-0.25, -0.2) is 0 Å². The summed E-state index contributed by atoms with van der Waals surface area (Å²) in [6, 6.07) is 0. The lowest BCUT2D eigenvalue weighted by Crippen LogP contribution is -2.37. The number of ether oxygens (including phenoxy) is 2. The predicted molar refractivity (Wildman–Crippen MR) is 258 cm³/mol. The van der Waals surface area contributed by atoms with E-state index in [0.29, 0.717) is 11.5 Å². The van der Waals surface area contributed by atoms with Gasteiger partial charge in [0, 0.05) is 27.8 Å². The molecule has 6 atom stereocenters. The monoisotopic (exact) mass is 831 g/mol. The van der Waals surface area contributed by atoms with Gasteiger partial charge in [0.25, 0.3) is 0 Å². The normalized spacial score (nSPS) is 21.0.